The normalized spacial score (nSPS) is 11.4. The molecule has 0 atom stereocenters. The lowest BCUT2D eigenvalue weighted by Crippen LogP contribution is -2.22. The topological polar surface area (TPSA) is 60.7 Å². The lowest BCUT2D eigenvalue weighted by atomic mass is 10.2. The molecule has 0 aliphatic rings. The fourth-order valence-corrected chi connectivity index (χ4v) is 4.43. The lowest BCUT2D eigenvalue weighted by Gasteiger charge is -2.08. The number of allylic oxidation sites excluding steroid dienone is 1. The summed E-state index contributed by atoms with van der Waals surface area (Å²) in [4.78, 5) is 22.4. The summed E-state index contributed by atoms with van der Waals surface area (Å²) in [6.45, 7) is 8.26. The minimum atomic E-state index is -0.0396. The van der Waals surface area contributed by atoms with Gasteiger partial charge in [-0.25, -0.2) is 9.97 Å². The molecular formula is C14H14N4OS3. The molecule has 114 valence electrons. The first-order valence-corrected chi connectivity index (χ1v) is 9.17. The van der Waals surface area contributed by atoms with E-state index in [-0.39, 0.29) is 11.5 Å². The van der Waals surface area contributed by atoms with Crippen LogP contribution in [-0.4, -0.2) is 18.9 Å². The van der Waals surface area contributed by atoms with E-state index in [4.69, 9.17) is 0 Å². The number of nitrogens with zero attached hydrogens (tertiary/aromatic N) is 4. The monoisotopic (exact) mass is 350 g/mol. The SMILES string of the molecule is C=CCn1c(Sc2nc(C(C)C)ns2)nc2sccc2c1=O. The average Bonchev–Trinajstić information content (AvgIpc) is 3.12. The van der Waals surface area contributed by atoms with Crippen LogP contribution in [0.3, 0.4) is 0 Å². The summed E-state index contributed by atoms with van der Waals surface area (Å²) in [5.74, 6) is 1.11. The van der Waals surface area contributed by atoms with Crippen LogP contribution in [0, 0.1) is 0 Å². The summed E-state index contributed by atoms with van der Waals surface area (Å²) in [7, 11) is 0. The van der Waals surface area contributed by atoms with Gasteiger partial charge in [0.15, 0.2) is 9.50 Å². The van der Waals surface area contributed by atoms with Gasteiger partial charge in [-0.3, -0.25) is 9.36 Å². The molecule has 3 heterocycles. The first kappa shape index (κ1) is 15.4. The van der Waals surface area contributed by atoms with Gasteiger partial charge >= 0.3 is 0 Å². The second-order valence-corrected chi connectivity index (χ2v) is 7.77. The highest BCUT2D eigenvalue weighted by Crippen LogP contribution is 2.30. The van der Waals surface area contributed by atoms with Gasteiger partial charge in [0.1, 0.15) is 10.7 Å². The maximum atomic E-state index is 12.5. The maximum absolute atomic E-state index is 12.5. The molecular weight excluding hydrogens is 336 g/mol. The van der Waals surface area contributed by atoms with E-state index in [1.54, 1.807) is 10.6 Å². The third kappa shape index (κ3) is 2.86. The Hall–Kier alpha value is -1.51. The molecule has 0 aliphatic heterocycles. The molecule has 0 bridgehead atoms. The molecule has 0 aliphatic carbocycles. The van der Waals surface area contributed by atoms with Crippen molar-refractivity contribution in [2.45, 2.75) is 35.8 Å². The van der Waals surface area contributed by atoms with Crippen LogP contribution in [0.5, 0.6) is 0 Å². The number of hydrogen-bond acceptors (Lipinski definition) is 7. The Morgan fingerprint density at radius 3 is 2.95 bits per heavy atom. The van der Waals surface area contributed by atoms with E-state index in [0.29, 0.717) is 17.1 Å². The van der Waals surface area contributed by atoms with Gasteiger partial charge in [-0.2, -0.15) is 4.37 Å². The van der Waals surface area contributed by atoms with Gasteiger partial charge in [-0.15, -0.1) is 17.9 Å². The van der Waals surface area contributed by atoms with Crippen LogP contribution in [0.1, 0.15) is 25.6 Å². The van der Waals surface area contributed by atoms with E-state index in [0.717, 1.165) is 15.0 Å². The Balaban J connectivity index is 2.06. The minimum absolute atomic E-state index is 0.0396. The van der Waals surface area contributed by atoms with Crippen molar-refractivity contribution in [3.8, 4) is 0 Å². The zero-order chi connectivity index (χ0) is 15.7. The minimum Gasteiger partial charge on any atom is -0.283 e. The fraction of sp³-hybridized carbons (Fsp3) is 0.286. The Kier molecular flexibility index (Phi) is 4.42. The van der Waals surface area contributed by atoms with Crippen LogP contribution >= 0.6 is 34.6 Å². The largest absolute Gasteiger partial charge is 0.283 e. The summed E-state index contributed by atoms with van der Waals surface area (Å²) in [6, 6.07) is 1.81. The Morgan fingerprint density at radius 2 is 2.27 bits per heavy atom. The smallest absolute Gasteiger partial charge is 0.263 e. The zero-order valence-electron chi connectivity index (χ0n) is 12.1. The number of rotatable bonds is 5. The van der Waals surface area contributed by atoms with E-state index in [2.05, 4.69) is 34.8 Å². The summed E-state index contributed by atoms with van der Waals surface area (Å²) in [5, 5.41) is 3.16. The molecule has 8 heteroatoms. The summed E-state index contributed by atoms with van der Waals surface area (Å²) < 4.78 is 6.76. The highest BCUT2D eigenvalue weighted by molar-refractivity contribution is 8.00. The molecule has 3 aromatic heterocycles. The molecule has 22 heavy (non-hydrogen) atoms. The van der Waals surface area contributed by atoms with Crippen LogP contribution in [0.4, 0.5) is 0 Å². The number of hydrogen-bond donors (Lipinski definition) is 0. The van der Waals surface area contributed by atoms with Crippen LogP contribution in [0.15, 0.2) is 38.4 Å². The zero-order valence-corrected chi connectivity index (χ0v) is 14.6. The second kappa shape index (κ2) is 6.31. The van der Waals surface area contributed by atoms with Gasteiger partial charge in [-0.1, -0.05) is 19.9 Å². The van der Waals surface area contributed by atoms with Crippen molar-refractivity contribution in [3.63, 3.8) is 0 Å². The van der Waals surface area contributed by atoms with Gasteiger partial charge in [0.2, 0.25) is 0 Å². The predicted octanol–water partition coefficient (Wildman–Crippen LogP) is 3.77. The first-order valence-electron chi connectivity index (χ1n) is 6.70. The van der Waals surface area contributed by atoms with E-state index in [1.807, 2.05) is 11.4 Å². The third-order valence-corrected chi connectivity index (χ3v) is 5.54. The number of aromatic nitrogens is 4. The van der Waals surface area contributed by atoms with Gasteiger partial charge in [-0.05, 0) is 34.7 Å². The fourth-order valence-electron chi connectivity index (χ4n) is 1.87. The molecule has 3 rings (SSSR count). The van der Waals surface area contributed by atoms with Crippen molar-refractivity contribution in [1.29, 1.82) is 0 Å². The van der Waals surface area contributed by atoms with Crippen LogP contribution in [0.25, 0.3) is 10.2 Å². The summed E-state index contributed by atoms with van der Waals surface area (Å²) in [6.07, 6.45) is 1.70. The van der Waals surface area contributed by atoms with Gasteiger partial charge in [0.25, 0.3) is 5.56 Å². The molecule has 0 fully saturated rings. The van der Waals surface area contributed by atoms with Crippen molar-refractivity contribution in [2.24, 2.45) is 0 Å². The molecule has 5 nitrogen and oxygen atoms in total. The number of fused-ring (bicyclic) bond motifs is 1. The lowest BCUT2D eigenvalue weighted by molar-refractivity contribution is 0.672. The quantitative estimate of drug-likeness (QED) is 0.518. The van der Waals surface area contributed by atoms with E-state index < -0.39 is 0 Å². The van der Waals surface area contributed by atoms with E-state index >= 15 is 0 Å². The second-order valence-electron chi connectivity index (χ2n) is 4.91. The van der Waals surface area contributed by atoms with E-state index in [1.165, 1.54) is 34.6 Å². The third-order valence-electron chi connectivity index (χ3n) is 2.98. The Labute approximate surface area is 139 Å². The van der Waals surface area contributed by atoms with Gasteiger partial charge in [0, 0.05) is 12.5 Å². The van der Waals surface area contributed by atoms with E-state index in [9.17, 15) is 4.79 Å². The van der Waals surface area contributed by atoms with Crippen molar-refractivity contribution in [2.75, 3.05) is 0 Å². The highest BCUT2D eigenvalue weighted by atomic mass is 32.2. The predicted molar refractivity (Wildman–Crippen MR) is 92.2 cm³/mol. The molecule has 0 amide bonds. The molecule has 0 unspecified atom stereocenters. The molecule has 0 aromatic carbocycles. The van der Waals surface area contributed by atoms with Crippen molar-refractivity contribution in [1.82, 2.24) is 18.9 Å². The summed E-state index contributed by atoms with van der Waals surface area (Å²) in [5.41, 5.74) is -0.0396. The molecule has 0 spiro atoms. The molecule has 0 saturated heterocycles. The van der Waals surface area contributed by atoms with Gasteiger partial charge < -0.3 is 0 Å². The standard InChI is InChI=1S/C14H14N4OS3/c1-4-6-18-12(19)9-5-7-20-11(9)16-13(18)21-14-15-10(8(2)3)17-22-14/h4-5,7-8H,1,6H2,2-3H3. The Bertz CT molecular complexity index is 878. The highest BCUT2D eigenvalue weighted by Gasteiger charge is 2.15. The van der Waals surface area contributed by atoms with Gasteiger partial charge in [0.05, 0.1) is 5.39 Å². The maximum Gasteiger partial charge on any atom is 0.263 e. The van der Waals surface area contributed by atoms with Crippen LogP contribution in [0.2, 0.25) is 0 Å². The van der Waals surface area contributed by atoms with Crippen LogP contribution < -0.4 is 5.56 Å². The van der Waals surface area contributed by atoms with Crippen LogP contribution in [-0.2, 0) is 6.54 Å². The van der Waals surface area contributed by atoms with Crippen molar-refractivity contribution >= 4 is 44.8 Å². The first-order chi connectivity index (χ1) is 10.6. The Morgan fingerprint density at radius 1 is 1.45 bits per heavy atom. The molecule has 3 aromatic rings. The summed E-state index contributed by atoms with van der Waals surface area (Å²) >= 11 is 4.18. The van der Waals surface area contributed by atoms with Crippen molar-refractivity contribution in [3.05, 3.63) is 40.3 Å². The molecule has 0 radical (unpaired) electrons. The molecule has 0 saturated carbocycles. The number of thiophene rings is 1. The van der Waals surface area contributed by atoms with Crippen molar-refractivity contribution < 1.29 is 0 Å². The molecule has 0 N–H and O–H groups in total. The average molecular weight is 350 g/mol.